The van der Waals surface area contributed by atoms with Crippen molar-refractivity contribution in [2.75, 3.05) is 47.4 Å². The molecule has 1 fully saturated rings. The smallest absolute Gasteiger partial charge is 0.232 e. The maximum atomic E-state index is 4.97. The summed E-state index contributed by atoms with van der Waals surface area (Å²) >= 11 is 0. The van der Waals surface area contributed by atoms with E-state index in [-0.39, 0.29) is 0 Å². The summed E-state index contributed by atoms with van der Waals surface area (Å²) in [5.74, 6) is 2.61. The number of nitrogens with zero attached hydrogens (tertiary/aromatic N) is 7. The molecule has 7 heteroatoms. The van der Waals surface area contributed by atoms with Crippen molar-refractivity contribution in [3.63, 3.8) is 0 Å². The Hall–Kier alpha value is -3.22. The second-order valence-electron chi connectivity index (χ2n) is 7.57. The van der Waals surface area contributed by atoms with Crippen LogP contribution in [-0.2, 0) is 6.42 Å². The fourth-order valence-electron chi connectivity index (χ4n) is 4.15. The molecular weight excluding hydrogens is 362 g/mol. The first-order valence-electron chi connectivity index (χ1n) is 10.3. The standard InChI is InChI=1S/C22H25N7/c1-17-16-20(27-12-14-28(15-13-27)21-23-9-5-10-24-21)26-22(25-17)29-11-4-7-18-6-2-3-8-19(18)29/h2-3,5-6,8-10,16H,4,7,11-15H2,1H3. The molecule has 3 aromatic rings. The van der Waals surface area contributed by atoms with E-state index < -0.39 is 0 Å². The average Bonchev–Trinajstić information content (AvgIpc) is 2.79. The van der Waals surface area contributed by atoms with E-state index in [1.54, 1.807) is 12.4 Å². The molecule has 0 unspecified atom stereocenters. The minimum absolute atomic E-state index is 0.802. The third kappa shape index (κ3) is 3.60. The predicted molar refractivity (Wildman–Crippen MR) is 115 cm³/mol. The quantitative estimate of drug-likeness (QED) is 0.685. The van der Waals surface area contributed by atoms with Gasteiger partial charge in [-0.2, -0.15) is 4.98 Å². The molecule has 0 atom stereocenters. The van der Waals surface area contributed by atoms with E-state index in [2.05, 4.69) is 61.9 Å². The van der Waals surface area contributed by atoms with Gasteiger partial charge in [-0.15, -0.1) is 0 Å². The van der Waals surface area contributed by atoms with Crippen LogP contribution in [0.1, 0.15) is 17.7 Å². The molecule has 0 saturated carbocycles. The molecule has 29 heavy (non-hydrogen) atoms. The van der Waals surface area contributed by atoms with E-state index >= 15 is 0 Å². The van der Waals surface area contributed by atoms with Crippen LogP contribution >= 0.6 is 0 Å². The van der Waals surface area contributed by atoms with Crippen molar-refractivity contribution in [3.8, 4) is 0 Å². The minimum Gasteiger partial charge on any atom is -0.353 e. The third-order valence-corrected chi connectivity index (χ3v) is 5.62. The molecule has 0 spiro atoms. The number of fused-ring (bicyclic) bond motifs is 1. The van der Waals surface area contributed by atoms with Crippen molar-refractivity contribution in [1.82, 2.24) is 19.9 Å². The molecule has 4 heterocycles. The predicted octanol–water partition coefficient (Wildman–Crippen LogP) is 2.99. The molecule has 0 amide bonds. The SMILES string of the molecule is Cc1cc(N2CCN(c3ncccn3)CC2)nc(N2CCCc3ccccc32)n1. The lowest BCUT2D eigenvalue weighted by molar-refractivity contribution is 0.633. The molecule has 0 aliphatic carbocycles. The first kappa shape index (κ1) is 17.8. The van der Waals surface area contributed by atoms with Crippen LogP contribution in [0, 0.1) is 6.92 Å². The monoisotopic (exact) mass is 387 g/mol. The van der Waals surface area contributed by atoms with Crippen molar-refractivity contribution in [3.05, 3.63) is 60.0 Å². The second-order valence-corrected chi connectivity index (χ2v) is 7.57. The van der Waals surface area contributed by atoms with E-state index in [4.69, 9.17) is 9.97 Å². The van der Waals surface area contributed by atoms with Gasteiger partial charge in [-0.1, -0.05) is 18.2 Å². The Labute approximate surface area is 171 Å². The zero-order chi connectivity index (χ0) is 19.6. The number of anilines is 4. The number of aryl methyl sites for hydroxylation is 2. The van der Waals surface area contributed by atoms with Gasteiger partial charge in [0.25, 0.3) is 0 Å². The molecule has 148 valence electrons. The van der Waals surface area contributed by atoms with Crippen LogP contribution in [0.25, 0.3) is 0 Å². The number of benzene rings is 1. The van der Waals surface area contributed by atoms with E-state index in [0.29, 0.717) is 0 Å². The van der Waals surface area contributed by atoms with Gasteiger partial charge in [0.1, 0.15) is 5.82 Å². The summed E-state index contributed by atoms with van der Waals surface area (Å²) in [6, 6.07) is 12.5. The number of aromatic nitrogens is 4. The summed E-state index contributed by atoms with van der Waals surface area (Å²) in [5.41, 5.74) is 3.62. The van der Waals surface area contributed by atoms with Gasteiger partial charge in [-0.25, -0.2) is 15.0 Å². The highest BCUT2D eigenvalue weighted by molar-refractivity contribution is 5.64. The molecule has 1 saturated heterocycles. The fourth-order valence-corrected chi connectivity index (χ4v) is 4.15. The zero-order valence-corrected chi connectivity index (χ0v) is 16.7. The van der Waals surface area contributed by atoms with Crippen molar-refractivity contribution in [2.45, 2.75) is 19.8 Å². The van der Waals surface area contributed by atoms with Gasteiger partial charge >= 0.3 is 0 Å². The molecular formula is C22H25N7. The molecule has 2 aliphatic rings. The Balaban J connectivity index is 1.37. The minimum atomic E-state index is 0.802. The van der Waals surface area contributed by atoms with Crippen LogP contribution < -0.4 is 14.7 Å². The lowest BCUT2D eigenvalue weighted by Crippen LogP contribution is -2.47. The average molecular weight is 387 g/mol. The first-order chi connectivity index (χ1) is 14.3. The summed E-state index contributed by atoms with van der Waals surface area (Å²) in [6.45, 7) is 6.57. The van der Waals surface area contributed by atoms with Crippen molar-refractivity contribution in [2.24, 2.45) is 0 Å². The molecule has 0 bridgehead atoms. The van der Waals surface area contributed by atoms with E-state index in [9.17, 15) is 0 Å². The van der Waals surface area contributed by atoms with Crippen molar-refractivity contribution >= 4 is 23.4 Å². The van der Waals surface area contributed by atoms with Gasteiger partial charge in [-0.3, -0.25) is 0 Å². The lowest BCUT2D eigenvalue weighted by atomic mass is 10.0. The highest BCUT2D eigenvalue weighted by Gasteiger charge is 2.24. The topological polar surface area (TPSA) is 61.3 Å². The van der Waals surface area contributed by atoms with Gasteiger partial charge in [-0.05, 0) is 37.5 Å². The second kappa shape index (κ2) is 7.66. The van der Waals surface area contributed by atoms with Gasteiger partial charge in [0.05, 0.1) is 0 Å². The van der Waals surface area contributed by atoms with Crippen LogP contribution in [0.15, 0.2) is 48.8 Å². The third-order valence-electron chi connectivity index (χ3n) is 5.62. The van der Waals surface area contributed by atoms with Gasteiger partial charge in [0.2, 0.25) is 11.9 Å². The molecule has 0 radical (unpaired) electrons. The van der Waals surface area contributed by atoms with Gasteiger partial charge in [0.15, 0.2) is 0 Å². The van der Waals surface area contributed by atoms with Crippen molar-refractivity contribution in [1.29, 1.82) is 0 Å². The normalized spacial score (nSPS) is 16.7. The summed E-state index contributed by atoms with van der Waals surface area (Å²) < 4.78 is 0. The zero-order valence-electron chi connectivity index (χ0n) is 16.7. The highest BCUT2D eigenvalue weighted by atomic mass is 15.3. The van der Waals surface area contributed by atoms with E-state index in [1.165, 1.54) is 11.3 Å². The summed E-state index contributed by atoms with van der Waals surface area (Å²) in [6.07, 6.45) is 5.84. The number of hydrogen-bond donors (Lipinski definition) is 0. The van der Waals surface area contributed by atoms with Crippen LogP contribution in [0.2, 0.25) is 0 Å². The Morgan fingerprint density at radius 2 is 1.55 bits per heavy atom. The number of piperazine rings is 1. The Kier molecular flexibility index (Phi) is 4.71. The van der Waals surface area contributed by atoms with E-state index in [1.807, 2.05) is 6.07 Å². The first-order valence-corrected chi connectivity index (χ1v) is 10.3. The highest BCUT2D eigenvalue weighted by Crippen LogP contribution is 2.32. The Morgan fingerprint density at radius 3 is 2.38 bits per heavy atom. The molecule has 0 N–H and O–H groups in total. The van der Waals surface area contributed by atoms with Crippen LogP contribution in [0.4, 0.5) is 23.4 Å². The summed E-state index contributed by atoms with van der Waals surface area (Å²) in [7, 11) is 0. The Bertz CT molecular complexity index is 983. The molecule has 2 aliphatic heterocycles. The summed E-state index contributed by atoms with van der Waals surface area (Å²) in [5, 5.41) is 0. The van der Waals surface area contributed by atoms with Crippen LogP contribution in [-0.4, -0.2) is 52.7 Å². The van der Waals surface area contributed by atoms with Crippen molar-refractivity contribution < 1.29 is 0 Å². The molecule has 7 nitrogen and oxygen atoms in total. The Morgan fingerprint density at radius 1 is 0.793 bits per heavy atom. The van der Waals surface area contributed by atoms with Gasteiger partial charge in [0, 0.05) is 62.6 Å². The molecule has 5 rings (SSSR count). The van der Waals surface area contributed by atoms with Crippen LogP contribution in [0.5, 0.6) is 0 Å². The fraction of sp³-hybridized carbons (Fsp3) is 0.364. The molecule has 1 aromatic carbocycles. The van der Waals surface area contributed by atoms with E-state index in [0.717, 1.165) is 69.0 Å². The summed E-state index contributed by atoms with van der Waals surface area (Å²) in [4.78, 5) is 25.3. The maximum absolute atomic E-state index is 4.97. The maximum Gasteiger partial charge on any atom is 0.232 e. The van der Waals surface area contributed by atoms with Gasteiger partial charge < -0.3 is 14.7 Å². The number of hydrogen-bond acceptors (Lipinski definition) is 7. The molecule has 2 aromatic heterocycles. The number of para-hydroxylation sites is 1. The lowest BCUT2D eigenvalue weighted by Gasteiger charge is -2.36. The number of rotatable bonds is 3. The van der Waals surface area contributed by atoms with Crippen LogP contribution in [0.3, 0.4) is 0 Å². The largest absolute Gasteiger partial charge is 0.353 e.